The monoisotopic (exact) mass is 269 g/mol. The fraction of sp³-hybridized carbons (Fsp3) is 0.294. The van der Waals surface area contributed by atoms with Crippen molar-refractivity contribution in [1.29, 1.82) is 0 Å². The van der Waals surface area contributed by atoms with Crippen molar-refractivity contribution in [2.45, 2.75) is 25.0 Å². The largest absolute Gasteiger partial charge is 0.457 e. The van der Waals surface area contributed by atoms with Gasteiger partial charge in [0.15, 0.2) is 0 Å². The van der Waals surface area contributed by atoms with Gasteiger partial charge in [0.1, 0.15) is 17.1 Å². The third kappa shape index (κ3) is 2.42. The average Bonchev–Trinajstić information content (AvgIpc) is 2.82. The molecule has 20 heavy (non-hydrogen) atoms. The molecule has 2 aromatic carbocycles. The Hall–Kier alpha value is -1.84. The summed E-state index contributed by atoms with van der Waals surface area (Å²) in [5.74, 6) is 1.59. The molecule has 0 spiro atoms. The van der Waals surface area contributed by atoms with E-state index in [0.717, 1.165) is 30.0 Å². The van der Waals surface area contributed by atoms with E-state index < -0.39 is 5.60 Å². The number of hydrogen-bond donors (Lipinski definition) is 2. The highest BCUT2D eigenvalue weighted by Crippen LogP contribution is 2.34. The van der Waals surface area contributed by atoms with Gasteiger partial charge in [0.2, 0.25) is 0 Å². The normalized spacial score (nSPS) is 25.6. The summed E-state index contributed by atoms with van der Waals surface area (Å²) in [5, 5.41) is 14.0. The van der Waals surface area contributed by atoms with E-state index in [0.29, 0.717) is 0 Å². The lowest BCUT2D eigenvalue weighted by Gasteiger charge is -2.27. The zero-order valence-corrected chi connectivity index (χ0v) is 11.5. The molecule has 1 aliphatic rings. The summed E-state index contributed by atoms with van der Waals surface area (Å²) in [7, 11) is 0. The van der Waals surface area contributed by atoms with Gasteiger partial charge in [0.25, 0.3) is 0 Å². The van der Waals surface area contributed by atoms with Crippen molar-refractivity contribution >= 4 is 0 Å². The number of nitrogens with one attached hydrogen (secondary N) is 1. The molecule has 0 amide bonds. The minimum Gasteiger partial charge on any atom is -0.457 e. The fourth-order valence-corrected chi connectivity index (χ4v) is 2.70. The molecule has 2 aromatic rings. The van der Waals surface area contributed by atoms with Crippen LogP contribution in [0.4, 0.5) is 0 Å². The van der Waals surface area contributed by atoms with Crippen molar-refractivity contribution in [3.05, 3.63) is 60.2 Å². The quantitative estimate of drug-likeness (QED) is 0.900. The summed E-state index contributed by atoms with van der Waals surface area (Å²) in [6.07, 6.45) is 0.743. The Morgan fingerprint density at radius 3 is 2.30 bits per heavy atom. The van der Waals surface area contributed by atoms with Crippen LogP contribution >= 0.6 is 0 Å². The van der Waals surface area contributed by atoms with Crippen molar-refractivity contribution < 1.29 is 9.84 Å². The van der Waals surface area contributed by atoms with Gasteiger partial charge >= 0.3 is 0 Å². The first-order valence-electron chi connectivity index (χ1n) is 6.98. The maximum Gasteiger partial charge on any atom is 0.127 e. The molecule has 0 radical (unpaired) electrons. The minimum atomic E-state index is -0.773. The minimum absolute atomic E-state index is 0.0726. The molecular weight excluding hydrogens is 250 g/mol. The number of benzene rings is 2. The molecule has 3 heteroatoms. The standard InChI is InChI=1S/C17H19NO2/c1-13-17(19,11-12-18-13)14-7-9-16(10-8-14)20-15-5-3-2-4-6-15/h2-10,13,18-19H,11-12H2,1H3. The zero-order chi connectivity index (χ0) is 14.0. The Labute approximate surface area is 119 Å². The van der Waals surface area contributed by atoms with Crippen LogP contribution in [0, 0.1) is 0 Å². The van der Waals surface area contributed by atoms with Crippen LogP contribution in [0.1, 0.15) is 18.9 Å². The Morgan fingerprint density at radius 2 is 1.70 bits per heavy atom. The fourth-order valence-electron chi connectivity index (χ4n) is 2.70. The Kier molecular flexibility index (Phi) is 3.47. The van der Waals surface area contributed by atoms with Gasteiger partial charge in [0, 0.05) is 6.04 Å². The first kappa shape index (κ1) is 13.2. The highest BCUT2D eigenvalue weighted by atomic mass is 16.5. The predicted octanol–water partition coefficient (Wildman–Crippen LogP) is 3.05. The summed E-state index contributed by atoms with van der Waals surface area (Å²) in [6, 6.07) is 17.5. The molecule has 2 atom stereocenters. The molecule has 0 saturated carbocycles. The lowest BCUT2D eigenvalue weighted by Crippen LogP contribution is -2.37. The van der Waals surface area contributed by atoms with Crippen molar-refractivity contribution in [2.24, 2.45) is 0 Å². The van der Waals surface area contributed by atoms with Gasteiger partial charge in [-0.25, -0.2) is 0 Å². The number of aliphatic hydroxyl groups is 1. The molecule has 104 valence electrons. The van der Waals surface area contributed by atoms with Gasteiger partial charge in [-0.3, -0.25) is 0 Å². The molecule has 0 bridgehead atoms. The second-order valence-electron chi connectivity index (χ2n) is 5.29. The van der Waals surface area contributed by atoms with Gasteiger partial charge in [-0.1, -0.05) is 30.3 Å². The Bertz CT molecular complexity index is 567. The molecule has 2 N–H and O–H groups in total. The highest BCUT2D eigenvalue weighted by Gasteiger charge is 2.39. The highest BCUT2D eigenvalue weighted by molar-refractivity contribution is 5.36. The lowest BCUT2D eigenvalue weighted by atomic mass is 9.87. The third-order valence-electron chi connectivity index (χ3n) is 4.01. The van der Waals surface area contributed by atoms with Crippen LogP contribution in [-0.2, 0) is 5.60 Å². The van der Waals surface area contributed by atoms with Crippen LogP contribution in [0.5, 0.6) is 11.5 Å². The van der Waals surface area contributed by atoms with Crippen molar-refractivity contribution in [3.8, 4) is 11.5 Å². The topological polar surface area (TPSA) is 41.5 Å². The summed E-state index contributed by atoms with van der Waals surface area (Å²) in [4.78, 5) is 0. The summed E-state index contributed by atoms with van der Waals surface area (Å²) >= 11 is 0. The zero-order valence-electron chi connectivity index (χ0n) is 11.5. The van der Waals surface area contributed by atoms with Gasteiger partial charge in [-0.2, -0.15) is 0 Å². The summed E-state index contributed by atoms with van der Waals surface area (Å²) in [6.45, 7) is 2.86. The SMILES string of the molecule is CC1NCCC1(O)c1ccc(Oc2ccccc2)cc1. The summed E-state index contributed by atoms with van der Waals surface area (Å²) < 4.78 is 5.76. The second kappa shape index (κ2) is 5.27. The molecule has 0 aliphatic carbocycles. The van der Waals surface area contributed by atoms with Crippen LogP contribution in [0.3, 0.4) is 0 Å². The number of rotatable bonds is 3. The second-order valence-corrected chi connectivity index (χ2v) is 5.29. The van der Waals surface area contributed by atoms with E-state index in [-0.39, 0.29) is 6.04 Å². The van der Waals surface area contributed by atoms with Crippen LogP contribution < -0.4 is 10.1 Å². The van der Waals surface area contributed by atoms with E-state index in [1.807, 2.05) is 61.5 Å². The molecule has 3 rings (SSSR count). The van der Waals surface area contributed by atoms with E-state index >= 15 is 0 Å². The van der Waals surface area contributed by atoms with Crippen LogP contribution in [-0.4, -0.2) is 17.7 Å². The van der Waals surface area contributed by atoms with E-state index in [4.69, 9.17) is 4.74 Å². The molecule has 1 fully saturated rings. The third-order valence-corrected chi connectivity index (χ3v) is 4.01. The smallest absolute Gasteiger partial charge is 0.127 e. The molecule has 1 heterocycles. The van der Waals surface area contributed by atoms with Crippen molar-refractivity contribution in [2.75, 3.05) is 6.54 Å². The number of para-hydroxylation sites is 1. The van der Waals surface area contributed by atoms with Crippen molar-refractivity contribution in [1.82, 2.24) is 5.32 Å². The average molecular weight is 269 g/mol. The molecule has 2 unspecified atom stereocenters. The summed E-state index contributed by atoms with van der Waals surface area (Å²) in [5.41, 5.74) is 0.168. The lowest BCUT2D eigenvalue weighted by molar-refractivity contribution is 0.0293. The molecule has 0 aromatic heterocycles. The van der Waals surface area contributed by atoms with Crippen molar-refractivity contribution in [3.63, 3.8) is 0 Å². The maximum absolute atomic E-state index is 10.7. The van der Waals surface area contributed by atoms with Gasteiger partial charge in [-0.05, 0) is 49.7 Å². The van der Waals surface area contributed by atoms with E-state index in [9.17, 15) is 5.11 Å². The Balaban J connectivity index is 1.78. The van der Waals surface area contributed by atoms with Gasteiger partial charge in [-0.15, -0.1) is 0 Å². The molecule has 3 nitrogen and oxygen atoms in total. The predicted molar refractivity (Wildman–Crippen MR) is 78.9 cm³/mol. The van der Waals surface area contributed by atoms with E-state index in [1.165, 1.54) is 0 Å². The van der Waals surface area contributed by atoms with Gasteiger partial charge < -0.3 is 15.2 Å². The van der Waals surface area contributed by atoms with Crippen LogP contribution in [0.2, 0.25) is 0 Å². The molecular formula is C17H19NO2. The maximum atomic E-state index is 10.7. The van der Waals surface area contributed by atoms with Crippen LogP contribution in [0.15, 0.2) is 54.6 Å². The first-order valence-corrected chi connectivity index (χ1v) is 6.98. The van der Waals surface area contributed by atoms with E-state index in [2.05, 4.69) is 5.32 Å². The van der Waals surface area contributed by atoms with E-state index in [1.54, 1.807) is 0 Å². The molecule has 1 aliphatic heterocycles. The van der Waals surface area contributed by atoms with Crippen LogP contribution in [0.25, 0.3) is 0 Å². The van der Waals surface area contributed by atoms with Gasteiger partial charge in [0.05, 0.1) is 0 Å². The first-order chi connectivity index (χ1) is 9.68. The number of hydrogen-bond acceptors (Lipinski definition) is 3. The Morgan fingerprint density at radius 1 is 1.05 bits per heavy atom. The molecule has 1 saturated heterocycles. The number of ether oxygens (including phenoxy) is 1.